The Morgan fingerprint density at radius 3 is 2.92 bits per heavy atom. The molecule has 1 fully saturated rings. The maximum Gasteiger partial charge on any atom is 0.247 e. The molecule has 1 amide bonds. The number of carbonyl (C=O) groups excluding carboxylic acids is 1. The third kappa shape index (κ3) is 5.39. The second-order valence-electron chi connectivity index (χ2n) is 8.33. The Balaban J connectivity index is 1.49. The first-order chi connectivity index (χ1) is 18.1. The lowest BCUT2D eigenvalue weighted by molar-refractivity contribution is -0.111. The number of halogens is 1. The number of methoxy groups -OCH3 is 1. The number of carbonyl (C=O) groups is 1. The molecule has 1 unspecified atom stereocenters. The highest BCUT2D eigenvalue weighted by atomic mass is 35.5. The maximum atomic E-state index is 11.8. The van der Waals surface area contributed by atoms with Crippen LogP contribution in [-0.4, -0.2) is 47.7 Å². The smallest absolute Gasteiger partial charge is 0.247 e. The second kappa shape index (κ2) is 10.9. The molecule has 2 aromatic heterocycles. The SMILES string of the molecule is C=CC(=O)Nc1ccnc(-c2c(Cl)ccc3cnc(Nc4ccc(C5CNCCO5)cc4OC)nc23)c1. The number of fused-ring (bicyclic) bond motifs is 1. The lowest BCUT2D eigenvalue weighted by Crippen LogP contribution is -2.33. The standard InChI is InChI=1S/C27H25ClN6O3/c1-3-24(35)32-18-8-9-30-21(13-18)25-19(28)6-4-17-14-31-27(34-26(17)25)33-20-7-5-16(12-22(20)36-2)23-15-29-10-11-37-23/h3-9,12-14,23,29H,1,10-11,15H2,2H3,(H,30,32,35)(H,31,33,34). The van der Waals surface area contributed by atoms with Gasteiger partial charge in [-0.2, -0.15) is 0 Å². The maximum absolute atomic E-state index is 11.8. The van der Waals surface area contributed by atoms with Crippen molar-refractivity contribution in [3.8, 4) is 17.0 Å². The summed E-state index contributed by atoms with van der Waals surface area (Å²) in [6.07, 6.45) is 4.49. The third-order valence-electron chi connectivity index (χ3n) is 5.94. The van der Waals surface area contributed by atoms with Gasteiger partial charge in [-0.3, -0.25) is 9.78 Å². The number of nitrogens with zero attached hydrogens (tertiary/aromatic N) is 3. The number of amides is 1. The Bertz CT molecular complexity index is 1470. The van der Waals surface area contributed by atoms with E-state index >= 15 is 0 Å². The van der Waals surface area contributed by atoms with Crippen molar-refractivity contribution in [3.05, 3.63) is 78.1 Å². The molecule has 5 rings (SSSR count). The van der Waals surface area contributed by atoms with Crippen LogP contribution in [0.3, 0.4) is 0 Å². The molecular weight excluding hydrogens is 492 g/mol. The first-order valence-electron chi connectivity index (χ1n) is 11.7. The van der Waals surface area contributed by atoms with Gasteiger partial charge in [-0.05, 0) is 48.0 Å². The summed E-state index contributed by atoms with van der Waals surface area (Å²) in [6.45, 7) is 5.75. The quantitative estimate of drug-likeness (QED) is 0.298. The van der Waals surface area contributed by atoms with Crippen LogP contribution < -0.4 is 20.7 Å². The molecule has 1 aliphatic rings. The van der Waals surface area contributed by atoms with Crippen LogP contribution in [-0.2, 0) is 9.53 Å². The van der Waals surface area contributed by atoms with Crippen molar-refractivity contribution >= 4 is 45.7 Å². The molecule has 0 spiro atoms. The molecule has 0 aliphatic carbocycles. The number of anilines is 3. The minimum Gasteiger partial charge on any atom is -0.495 e. The van der Waals surface area contributed by atoms with E-state index in [9.17, 15) is 4.79 Å². The van der Waals surface area contributed by atoms with E-state index in [-0.39, 0.29) is 12.0 Å². The Hall–Kier alpha value is -4.05. The van der Waals surface area contributed by atoms with Gasteiger partial charge in [0.1, 0.15) is 5.75 Å². The summed E-state index contributed by atoms with van der Waals surface area (Å²) >= 11 is 6.61. The molecule has 188 valence electrons. The molecule has 3 N–H and O–H groups in total. The van der Waals surface area contributed by atoms with Gasteiger partial charge in [0.25, 0.3) is 0 Å². The van der Waals surface area contributed by atoms with Gasteiger partial charge in [-0.25, -0.2) is 9.97 Å². The van der Waals surface area contributed by atoms with Crippen molar-refractivity contribution in [2.45, 2.75) is 6.10 Å². The number of morpholine rings is 1. The van der Waals surface area contributed by atoms with E-state index in [1.807, 2.05) is 24.3 Å². The van der Waals surface area contributed by atoms with Crippen LogP contribution in [0.15, 0.2) is 67.5 Å². The summed E-state index contributed by atoms with van der Waals surface area (Å²) in [4.78, 5) is 25.5. The van der Waals surface area contributed by atoms with E-state index in [0.29, 0.717) is 51.5 Å². The van der Waals surface area contributed by atoms with Crippen molar-refractivity contribution < 1.29 is 14.3 Å². The van der Waals surface area contributed by atoms with Crippen LogP contribution >= 0.6 is 11.6 Å². The van der Waals surface area contributed by atoms with Crippen molar-refractivity contribution in [3.63, 3.8) is 0 Å². The average molecular weight is 517 g/mol. The van der Waals surface area contributed by atoms with Crippen LogP contribution in [0.1, 0.15) is 11.7 Å². The molecule has 9 nitrogen and oxygen atoms in total. The van der Waals surface area contributed by atoms with Gasteiger partial charge in [-0.1, -0.05) is 24.2 Å². The van der Waals surface area contributed by atoms with Crippen LogP contribution in [0.25, 0.3) is 22.2 Å². The number of ether oxygens (including phenoxy) is 2. The highest BCUT2D eigenvalue weighted by molar-refractivity contribution is 6.34. The Morgan fingerprint density at radius 2 is 2.14 bits per heavy atom. The lowest BCUT2D eigenvalue weighted by Gasteiger charge is -2.24. The fraction of sp³-hybridized carbons (Fsp3) is 0.185. The van der Waals surface area contributed by atoms with E-state index in [1.165, 1.54) is 6.08 Å². The summed E-state index contributed by atoms with van der Waals surface area (Å²) in [5, 5.41) is 10.6. The van der Waals surface area contributed by atoms with Crippen LogP contribution in [0.2, 0.25) is 5.02 Å². The van der Waals surface area contributed by atoms with Gasteiger partial charge < -0.3 is 25.4 Å². The molecule has 3 heterocycles. The van der Waals surface area contributed by atoms with Crippen LogP contribution in [0.4, 0.5) is 17.3 Å². The van der Waals surface area contributed by atoms with E-state index in [4.69, 9.17) is 26.1 Å². The third-order valence-corrected chi connectivity index (χ3v) is 6.26. The van der Waals surface area contributed by atoms with Gasteiger partial charge in [0.05, 0.1) is 41.7 Å². The monoisotopic (exact) mass is 516 g/mol. The van der Waals surface area contributed by atoms with Gasteiger partial charge in [-0.15, -0.1) is 0 Å². The Labute approximate surface area is 218 Å². The summed E-state index contributed by atoms with van der Waals surface area (Å²) in [5.41, 5.74) is 4.11. The molecule has 0 bridgehead atoms. The zero-order valence-electron chi connectivity index (χ0n) is 20.1. The van der Waals surface area contributed by atoms with Gasteiger partial charge in [0.2, 0.25) is 11.9 Å². The minimum absolute atomic E-state index is 0.0298. The predicted octanol–water partition coefficient (Wildman–Crippen LogP) is 4.88. The minimum atomic E-state index is -0.318. The van der Waals surface area contributed by atoms with Gasteiger partial charge in [0, 0.05) is 42.1 Å². The second-order valence-corrected chi connectivity index (χ2v) is 8.73. The summed E-state index contributed by atoms with van der Waals surface area (Å²) in [5.74, 6) is 0.698. The molecular formula is C27H25ClN6O3. The highest BCUT2D eigenvalue weighted by Gasteiger charge is 2.18. The van der Waals surface area contributed by atoms with Crippen molar-refractivity contribution in [1.82, 2.24) is 20.3 Å². The number of rotatable bonds is 7. The topological polar surface area (TPSA) is 110 Å². The molecule has 10 heteroatoms. The number of pyridine rings is 1. The zero-order chi connectivity index (χ0) is 25.8. The summed E-state index contributed by atoms with van der Waals surface area (Å²) in [6, 6.07) is 12.9. The average Bonchev–Trinajstić information content (AvgIpc) is 2.93. The van der Waals surface area contributed by atoms with E-state index < -0.39 is 0 Å². The Morgan fingerprint density at radius 1 is 1.24 bits per heavy atom. The fourth-order valence-electron chi connectivity index (χ4n) is 4.13. The van der Waals surface area contributed by atoms with E-state index in [0.717, 1.165) is 24.0 Å². The lowest BCUT2D eigenvalue weighted by atomic mass is 10.1. The van der Waals surface area contributed by atoms with Gasteiger partial charge >= 0.3 is 0 Å². The summed E-state index contributed by atoms with van der Waals surface area (Å²) in [7, 11) is 1.62. The van der Waals surface area contributed by atoms with E-state index in [1.54, 1.807) is 37.7 Å². The van der Waals surface area contributed by atoms with E-state index in [2.05, 4.69) is 32.5 Å². The molecule has 0 saturated carbocycles. The van der Waals surface area contributed by atoms with Gasteiger partial charge in [0.15, 0.2) is 0 Å². The molecule has 4 aromatic rings. The van der Waals surface area contributed by atoms with Crippen molar-refractivity contribution in [2.75, 3.05) is 37.4 Å². The fourth-order valence-corrected chi connectivity index (χ4v) is 4.38. The number of hydrogen-bond acceptors (Lipinski definition) is 8. The Kier molecular flexibility index (Phi) is 7.27. The normalized spacial score (nSPS) is 15.2. The number of hydrogen-bond donors (Lipinski definition) is 3. The highest BCUT2D eigenvalue weighted by Crippen LogP contribution is 2.36. The number of benzene rings is 2. The molecule has 1 saturated heterocycles. The van der Waals surface area contributed by atoms with Crippen molar-refractivity contribution in [2.24, 2.45) is 0 Å². The first-order valence-corrected chi connectivity index (χ1v) is 12.1. The number of aromatic nitrogens is 3. The van der Waals surface area contributed by atoms with Crippen LogP contribution in [0, 0.1) is 0 Å². The molecule has 2 aromatic carbocycles. The van der Waals surface area contributed by atoms with Crippen molar-refractivity contribution in [1.29, 1.82) is 0 Å². The largest absolute Gasteiger partial charge is 0.495 e. The molecule has 1 aliphatic heterocycles. The van der Waals surface area contributed by atoms with Crippen LogP contribution in [0.5, 0.6) is 5.75 Å². The molecule has 1 atom stereocenters. The summed E-state index contributed by atoms with van der Waals surface area (Å²) < 4.78 is 11.5. The number of nitrogens with one attached hydrogen (secondary N) is 3. The zero-order valence-corrected chi connectivity index (χ0v) is 20.9. The predicted molar refractivity (Wildman–Crippen MR) is 144 cm³/mol. The molecule has 37 heavy (non-hydrogen) atoms. The molecule has 0 radical (unpaired) electrons. The first kappa shape index (κ1) is 24.6.